The van der Waals surface area contributed by atoms with Crippen molar-refractivity contribution >= 4 is 11.8 Å². The molecule has 2 atom stereocenters. The fourth-order valence-electron chi connectivity index (χ4n) is 7.19. The molecule has 3 aliphatic heterocycles. The summed E-state index contributed by atoms with van der Waals surface area (Å²) in [6.45, 7) is 7.13. The number of likely N-dealkylation sites (tertiary alicyclic amines) is 1. The summed E-state index contributed by atoms with van der Waals surface area (Å²) in [5.41, 5.74) is 4.54. The van der Waals surface area contributed by atoms with Gasteiger partial charge in [0.15, 0.2) is 0 Å². The molecule has 1 saturated carbocycles. The molecule has 7 nitrogen and oxygen atoms in total. The molecule has 7 heteroatoms. The predicted molar refractivity (Wildman–Crippen MR) is 145 cm³/mol. The first kappa shape index (κ1) is 25.5. The molecule has 1 saturated heterocycles. The van der Waals surface area contributed by atoms with E-state index in [2.05, 4.69) is 31.3 Å². The van der Waals surface area contributed by atoms with Gasteiger partial charge in [-0.2, -0.15) is 0 Å². The molecule has 6 rings (SSSR count). The third-order valence-electron chi connectivity index (χ3n) is 9.53. The Morgan fingerprint density at radius 1 is 1.11 bits per heavy atom. The third-order valence-corrected chi connectivity index (χ3v) is 9.53. The fourth-order valence-corrected chi connectivity index (χ4v) is 7.19. The minimum Gasteiger partial charge on any atom is -0.393 e. The average Bonchev–Trinajstić information content (AvgIpc) is 2.90. The van der Waals surface area contributed by atoms with Gasteiger partial charge in [0.05, 0.1) is 12.2 Å². The second-order valence-electron chi connectivity index (χ2n) is 12.7. The van der Waals surface area contributed by atoms with Crippen molar-refractivity contribution in [2.75, 3.05) is 26.2 Å². The van der Waals surface area contributed by atoms with Crippen molar-refractivity contribution in [2.24, 2.45) is 5.41 Å². The number of nitrogens with zero attached hydrogens (tertiary/aromatic N) is 2. The average molecular weight is 518 g/mol. The fraction of sp³-hybridized carbons (Fsp3) is 0.548. The van der Waals surface area contributed by atoms with Crippen molar-refractivity contribution in [1.29, 1.82) is 0 Å². The number of fused-ring (bicyclic) bond motifs is 2. The number of benzene rings is 2. The van der Waals surface area contributed by atoms with Crippen molar-refractivity contribution in [1.82, 2.24) is 15.1 Å². The highest BCUT2D eigenvalue weighted by molar-refractivity contribution is 6.00. The number of carbonyl (C=O) groups excluding carboxylic acids is 2. The van der Waals surface area contributed by atoms with Gasteiger partial charge in [0.2, 0.25) is 0 Å². The molecule has 0 aromatic heterocycles. The predicted octanol–water partition coefficient (Wildman–Crippen LogP) is 2.87. The highest BCUT2D eigenvalue weighted by atomic mass is 16.3. The number of hydrogen-bond donors (Lipinski definition) is 3. The van der Waals surface area contributed by atoms with Crippen LogP contribution >= 0.6 is 0 Å². The van der Waals surface area contributed by atoms with E-state index in [1.54, 1.807) is 17.0 Å². The number of carbonyl (C=O) groups is 2. The summed E-state index contributed by atoms with van der Waals surface area (Å²) in [5, 5.41) is 24.3. The Bertz CT molecular complexity index is 1240. The summed E-state index contributed by atoms with van der Waals surface area (Å²) in [4.78, 5) is 30.6. The lowest BCUT2D eigenvalue weighted by atomic mass is 9.61. The van der Waals surface area contributed by atoms with Crippen molar-refractivity contribution in [3.05, 3.63) is 70.3 Å². The standard InChI is InChI=1S/C31H39N3O4/c1-30(2)19-34(18-27(36)26-14-20-5-3-4-6-22(20)17-32-26)29(38)24-8-7-21(13-25(24)30)28(37)33-11-9-31(10-12-33)15-23(35)16-31/h3-8,13,23,26-27,32,35-36H,9-12,14-19H2,1-2H3. The molecule has 2 amide bonds. The molecular formula is C31H39N3O4. The second kappa shape index (κ2) is 9.47. The van der Waals surface area contributed by atoms with Crippen molar-refractivity contribution in [2.45, 2.75) is 76.2 Å². The van der Waals surface area contributed by atoms with Crippen LogP contribution in [-0.2, 0) is 18.4 Å². The van der Waals surface area contributed by atoms with E-state index in [1.807, 2.05) is 23.1 Å². The first-order valence-electron chi connectivity index (χ1n) is 14.0. The van der Waals surface area contributed by atoms with Gasteiger partial charge in [0, 0.05) is 55.3 Å². The Morgan fingerprint density at radius 2 is 1.82 bits per heavy atom. The Balaban J connectivity index is 1.14. The molecule has 3 heterocycles. The van der Waals surface area contributed by atoms with Gasteiger partial charge >= 0.3 is 0 Å². The van der Waals surface area contributed by atoms with Crippen LogP contribution in [0.2, 0.25) is 0 Å². The summed E-state index contributed by atoms with van der Waals surface area (Å²) >= 11 is 0. The number of aliphatic hydroxyl groups is 2. The van der Waals surface area contributed by atoms with Gasteiger partial charge < -0.3 is 25.3 Å². The molecule has 2 aromatic rings. The van der Waals surface area contributed by atoms with E-state index < -0.39 is 6.10 Å². The van der Waals surface area contributed by atoms with E-state index >= 15 is 0 Å². The van der Waals surface area contributed by atoms with Gasteiger partial charge in [-0.25, -0.2) is 0 Å². The van der Waals surface area contributed by atoms with E-state index in [0.29, 0.717) is 17.7 Å². The molecule has 3 N–H and O–H groups in total. The van der Waals surface area contributed by atoms with Crippen LogP contribution in [0, 0.1) is 5.41 Å². The molecule has 1 spiro atoms. The Hall–Kier alpha value is -2.74. The molecule has 2 unspecified atom stereocenters. The van der Waals surface area contributed by atoms with Crippen molar-refractivity contribution in [3.8, 4) is 0 Å². The molecule has 2 fully saturated rings. The maximum Gasteiger partial charge on any atom is 0.254 e. The van der Waals surface area contributed by atoms with Crippen LogP contribution in [-0.4, -0.2) is 76.3 Å². The van der Waals surface area contributed by atoms with E-state index in [4.69, 9.17) is 0 Å². The summed E-state index contributed by atoms with van der Waals surface area (Å²) < 4.78 is 0. The third kappa shape index (κ3) is 4.55. The molecule has 0 bridgehead atoms. The Kier molecular flexibility index (Phi) is 6.36. The molecule has 38 heavy (non-hydrogen) atoms. The largest absolute Gasteiger partial charge is 0.393 e. The van der Waals surface area contributed by atoms with Crippen LogP contribution in [0.1, 0.15) is 76.9 Å². The highest BCUT2D eigenvalue weighted by Gasteiger charge is 2.46. The zero-order valence-electron chi connectivity index (χ0n) is 22.4. The molecule has 4 aliphatic rings. The maximum absolute atomic E-state index is 13.5. The number of aliphatic hydroxyl groups excluding tert-OH is 2. The summed E-state index contributed by atoms with van der Waals surface area (Å²) in [7, 11) is 0. The highest BCUT2D eigenvalue weighted by Crippen LogP contribution is 2.49. The van der Waals surface area contributed by atoms with Crippen molar-refractivity contribution in [3.63, 3.8) is 0 Å². The zero-order valence-corrected chi connectivity index (χ0v) is 22.4. The number of hydrogen-bond acceptors (Lipinski definition) is 5. The van der Waals surface area contributed by atoms with Crippen molar-refractivity contribution < 1.29 is 19.8 Å². The van der Waals surface area contributed by atoms with Crippen LogP contribution in [0.5, 0.6) is 0 Å². The van der Waals surface area contributed by atoms with E-state index in [-0.39, 0.29) is 41.3 Å². The van der Waals surface area contributed by atoms with Gasteiger partial charge in [-0.15, -0.1) is 0 Å². The van der Waals surface area contributed by atoms with Crippen LogP contribution in [0.3, 0.4) is 0 Å². The Morgan fingerprint density at radius 3 is 2.53 bits per heavy atom. The second-order valence-corrected chi connectivity index (χ2v) is 12.7. The van der Waals surface area contributed by atoms with Crippen LogP contribution in [0.4, 0.5) is 0 Å². The van der Waals surface area contributed by atoms with Gasteiger partial charge in [-0.3, -0.25) is 9.59 Å². The Labute approximate surface area is 224 Å². The topological polar surface area (TPSA) is 93.1 Å². The molecular weight excluding hydrogens is 478 g/mol. The number of nitrogens with one attached hydrogen (secondary N) is 1. The van der Waals surface area contributed by atoms with Crippen LogP contribution in [0.15, 0.2) is 42.5 Å². The van der Waals surface area contributed by atoms with E-state index in [1.165, 1.54) is 11.1 Å². The maximum atomic E-state index is 13.5. The number of rotatable bonds is 4. The van der Waals surface area contributed by atoms with Gasteiger partial charge in [0.25, 0.3) is 11.8 Å². The first-order chi connectivity index (χ1) is 18.1. The lowest BCUT2D eigenvalue weighted by molar-refractivity contribution is -0.0637. The summed E-state index contributed by atoms with van der Waals surface area (Å²) in [5.74, 6) is -0.0654. The molecule has 202 valence electrons. The lowest BCUT2D eigenvalue weighted by Crippen LogP contribution is -2.54. The minimum absolute atomic E-state index is 0.0206. The monoisotopic (exact) mass is 517 g/mol. The first-order valence-corrected chi connectivity index (χ1v) is 14.0. The van der Waals surface area contributed by atoms with E-state index in [9.17, 15) is 19.8 Å². The summed E-state index contributed by atoms with van der Waals surface area (Å²) in [6, 6.07) is 13.7. The van der Waals surface area contributed by atoms with Crippen LogP contribution < -0.4 is 5.32 Å². The molecule has 1 aliphatic carbocycles. The van der Waals surface area contributed by atoms with Gasteiger partial charge in [0.1, 0.15) is 0 Å². The quantitative estimate of drug-likeness (QED) is 0.580. The van der Waals surface area contributed by atoms with Gasteiger partial charge in [-0.1, -0.05) is 38.1 Å². The number of β-amino-alcohol motifs (C(OH)–C–C–N with tert-alkyl or cyclic N) is 1. The number of piperidine rings is 1. The summed E-state index contributed by atoms with van der Waals surface area (Å²) in [6.07, 6.45) is 3.51. The molecule has 2 aromatic carbocycles. The SMILES string of the molecule is CC1(C)CN(CC(O)C2Cc3ccccc3CN2)C(=O)c2ccc(C(=O)N3CCC4(CC3)CC(O)C4)cc21. The smallest absolute Gasteiger partial charge is 0.254 e. The number of amides is 2. The zero-order chi connectivity index (χ0) is 26.7. The van der Waals surface area contributed by atoms with E-state index in [0.717, 1.165) is 57.3 Å². The minimum atomic E-state index is -0.676. The van der Waals surface area contributed by atoms with Crippen LogP contribution in [0.25, 0.3) is 0 Å². The molecule has 0 radical (unpaired) electrons. The normalized spacial score (nSPS) is 24.9. The lowest BCUT2D eigenvalue weighted by Gasteiger charge is -2.50. The van der Waals surface area contributed by atoms with Gasteiger partial charge in [-0.05, 0) is 72.4 Å².